The molecule has 0 aliphatic carbocycles. The zero-order valence-electron chi connectivity index (χ0n) is 9.98. The lowest BCUT2D eigenvalue weighted by Crippen LogP contribution is -2.58. The fourth-order valence-electron chi connectivity index (χ4n) is 1.73. The molecule has 1 fully saturated rings. The number of pyridine rings is 1. The average molecular weight is 248 g/mol. The number of piperazine rings is 1. The van der Waals surface area contributed by atoms with E-state index in [-0.39, 0.29) is 24.4 Å². The van der Waals surface area contributed by atoms with Crippen LogP contribution in [0.15, 0.2) is 24.4 Å². The zero-order chi connectivity index (χ0) is 12.8. The standard InChI is InChI=1S/C12H16N4O2/c17-11-8-15-10(7-16-11)12(18)14-6-4-9-3-1-2-5-13-9/h1-3,5,10,15H,4,6-8H2,(H,14,18)(H,16,17). The van der Waals surface area contributed by atoms with Gasteiger partial charge in [-0.25, -0.2) is 0 Å². The number of nitrogens with one attached hydrogen (secondary N) is 3. The largest absolute Gasteiger partial charge is 0.354 e. The molecule has 6 heteroatoms. The quantitative estimate of drug-likeness (QED) is 0.627. The van der Waals surface area contributed by atoms with E-state index in [1.165, 1.54) is 0 Å². The molecule has 2 amide bonds. The highest BCUT2D eigenvalue weighted by molar-refractivity contribution is 5.86. The molecule has 0 radical (unpaired) electrons. The summed E-state index contributed by atoms with van der Waals surface area (Å²) >= 11 is 0. The molecule has 1 aromatic heterocycles. The van der Waals surface area contributed by atoms with Crippen LogP contribution in [0.25, 0.3) is 0 Å². The van der Waals surface area contributed by atoms with Gasteiger partial charge in [-0.3, -0.25) is 19.9 Å². The molecule has 96 valence electrons. The highest BCUT2D eigenvalue weighted by Crippen LogP contribution is 1.94. The van der Waals surface area contributed by atoms with Gasteiger partial charge in [0.1, 0.15) is 6.04 Å². The Labute approximate surface area is 105 Å². The van der Waals surface area contributed by atoms with E-state index in [1.807, 2.05) is 18.2 Å². The van der Waals surface area contributed by atoms with Gasteiger partial charge in [0.15, 0.2) is 0 Å². The van der Waals surface area contributed by atoms with Crippen molar-refractivity contribution in [3.05, 3.63) is 30.1 Å². The normalized spacial score (nSPS) is 19.1. The van der Waals surface area contributed by atoms with Crippen LogP contribution in [0.1, 0.15) is 5.69 Å². The molecule has 18 heavy (non-hydrogen) atoms. The molecule has 1 saturated heterocycles. The van der Waals surface area contributed by atoms with E-state index in [4.69, 9.17) is 0 Å². The van der Waals surface area contributed by atoms with Crippen molar-refractivity contribution in [3.8, 4) is 0 Å². The van der Waals surface area contributed by atoms with Crippen LogP contribution in [0, 0.1) is 0 Å². The van der Waals surface area contributed by atoms with Gasteiger partial charge < -0.3 is 10.6 Å². The highest BCUT2D eigenvalue weighted by Gasteiger charge is 2.22. The van der Waals surface area contributed by atoms with Crippen molar-refractivity contribution in [1.29, 1.82) is 0 Å². The molecule has 1 aromatic rings. The van der Waals surface area contributed by atoms with Crippen LogP contribution in [0.3, 0.4) is 0 Å². The van der Waals surface area contributed by atoms with Crippen LogP contribution >= 0.6 is 0 Å². The first-order valence-electron chi connectivity index (χ1n) is 5.93. The molecule has 0 spiro atoms. The van der Waals surface area contributed by atoms with Gasteiger partial charge in [-0.15, -0.1) is 0 Å². The molecule has 2 rings (SSSR count). The number of amides is 2. The van der Waals surface area contributed by atoms with Gasteiger partial charge in [-0.05, 0) is 12.1 Å². The number of carbonyl (C=O) groups is 2. The number of carbonyl (C=O) groups excluding carboxylic acids is 2. The van der Waals surface area contributed by atoms with Gasteiger partial charge in [0, 0.05) is 31.4 Å². The molecule has 2 heterocycles. The fraction of sp³-hybridized carbons (Fsp3) is 0.417. The summed E-state index contributed by atoms with van der Waals surface area (Å²) in [4.78, 5) is 26.8. The van der Waals surface area contributed by atoms with Gasteiger partial charge in [0.2, 0.25) is 11.8 Å². The lowest BCUT2D eigenvalue weighted by atomic mass is 10.2. The molecule has 6 nitrogen and oxygen atoms in total. The Morgan fingerprint density at radius 3 is 3.06 bits per heavy atom. The predicted molar refractivity (Wildman–Crippen MR) is 65.8 cm³/mol. The van der Waals surface area contributed by atoms with Crippen LogP contribution in [-0.2, 0) is 16.0 Å². The predicted octanol–water partition coefficient (Wildman–Crippen LogP) is -1.17. The van der Waals surface area contributed by atoms with Crippen molar-refractivity contribution in [2.45, 2.75) is 12.5 Å². The average Bonchev–Trinajstić information content (AvgIpc) is 2.40. The van der Waals surface area contributed by atoms with Crippen molar-refractivity contribution in [1.82, 2.24) is 20.9 Å². The van der Waals surface area contributed by atoms with E-state index in [1.54, 1.807) is 6.20 Å². The van der Waals surface area contributed by atoms with E-state index in [0.29, 0.717) is 19.5 Å². The van der Waals surface area contributed by atoms with Crippen molar-refractivity contribution in [3.63, 3.8) is 0 Å². The minimum atomic E-state index is -0.341. The number of hydrogen-bond donors (Lipinski definition) is 3. The summed E-state index contributed by atoms with van der Waals surface area (Å²) in [5, 5.41) is 8.35. The minimum absolute atomic E-state index is 0.0764. The lowest BCUT2D eigenvalue weighted by molar-refractivity contribution is -0.126. The number of hydrogen-bond acceptors (Lipinski definition) is 4. The second kappa shape index (κ2) is 6.11. The molecular formula is C12H16N4O2. The van der Waals surface area contributed by atoms with Crippen molar-refractivity contribution in [2.24, 2.45) is 0 Å². The Morgan fingerprint density at radius 2 is 2.39 bits per heavy atom. The Kier molecular flexibility index (Phi) is 4.25. The zero-order valence-corrected chi connectivity index (χ0v) is 9.98. The summed E-state index contributed by atoms with van der Waals surface area (Å²) in [5.41, 5.74) is 0.947. The van der Waals surface area contributed by atoms with Gasteiger partial charge in [-0.2, -0.15) is 0 Å². The molecular weight excluding hydrogens is 232 g/mol. The summed E-state index contributed by atoms with van der Waals surface area (Å²) in [6, 6.07) is 5.36. The third-order valence-electron chi connectivity index (χ3n) is 2.74. The van der Waals surface area contributed by atoms with Crippen LogP contribution in [0.4, 0.5) is 0 Å². The maximum Gasteiger partial charge on any atom is 0.238 e. The first-order chi connectivity index (χ1) is 8.75. The summed E-state index contributed by atoms with van der Waals surface area (Å²) in [7, 11) is 0. The third kappa shape index (κ3) is 3.53. The van der Waals surface area contributed by atoms with Gasteiger partial charge in [-0.1, -0.05) is 6.07 Å². The van der Waals surface area contributed by atoms with Crippen LogP contribution in [0.2, 0.25) is 0 Å². The second-order valence-corrected chi connectivity index (χ2v) is 4.10. The topological polar surface area (TPSA) is 83.1 Å². The van der Waals surface area contributed by atoms with Gasteiger partial charge in [0.25, 0.3) is 0 Å². The molecule has 1 aliphatic rings. The highest BCUT2D eigenvalue weighted by atomic mass is 16.2. The maximum atomic E-state index is 11.7. The summed E-state index contributed by atoms with van der Waals surface area (Å²) < 4.78 is 0. The first-order valence-corrected chi connectivity index (χ1v) is 5.93. The molecule has 0 saturated carbocycles. The monoisotopic (exact) mass is 248 g/mol. The molecule has 1 unspecified atom stereocenters. The van der Waals surface area contributed by atoms with Crippen LogP contribution in [-0.4, -0.2) is 42.5 Å². The van der Waals surface area contributed by atoms with Gasteiger partial charge in [0.05, 0.1) is 6.54 Å². The van der Waals surface area contributed by atoms with Crippen molar-refractivity contribution < 1.29 is 9.59 Å². The Bertz CT molecular complexity index is 411. The Balaban J connectivity index is 1.70. The molecule has 1 atom stereocenters. The summed E-state index contributed by atoms with van der Waals surface area (Å²) in [5.74, 6) is -0.168. The summed E-state index contributed by atoms with van der Waals surface area (Å²) in [6.45, 7) is 1.08. The Hall–Kier alpha value is -1.95. The van der Waals surface area contributed by atoms with Crippen LogP contribution < -0.4 is 16.0 Å². The van der Waals surface area contributed by atoms with Crippen molar-refractivity contribution >= 4 is 11.8 Å². The molecule has 1 aliphatic heterocycles. The second-order valence-electron chi connectivity index (χ2n) is 4.10. The maximum absolute atomic E-state index is 11.7. The summed E-state index contributed by atoms with van der Waals surface area (Å²) in [6.07, 6.45) is 2.43. The van der Waals surface area contributed by atoms with Crippen LogP contribution in [0.5, 0.6) is 0 Å². The van der Waals surface area contributed by atoms with E-state index < -0.39 is 0 Å². The molecule has 3 N–H and O–H groups in total. The number of nitrogens with zero attached hydrogens (tertiary/aromatic N) is 1. The third-order valence-corrected chi connectivity index (χ3v) is 2.74. The van der Waals surface area contributed by atoms with Crippen molar-refractivity contribution in [2.75, 3.05) is 19.6 Å². The fourth-order valence-corrected chi connectivity index (χ4v) is 1.73. The first kappa shape index (κ1) is 12.5. The molecule has 0 bridgehead atoms. The van der Waals surface area contributed by atoms with Gasteiger partial charge >= 0.3 is 0 Å². The van der Waals surface area contributed by atoms with E-state index in [2.05, 4.69) is 20.9 Å². The van der Waals surface area contributed by atoms with E-state index >= 15 is 0 Å². The van der Waals surface area contributed by atoms with E-state index in [0.717, 1.165) is 5.69 Å². The Morgan fingerprint density at radius 1 is 1.50 bits per heavy atom. The minimum Gasteiger partial charge on any atom is -0.354 e. The number of aromatic nitrogens is 1. The molecule has 0 aromatic carbocycles. The van der Waals surface area contributed by atoms with E-state index in [9.17, 15) is 9.59 Å². The number of rotatable bonds is 4. The lowest BCUT2D eigenvalue weighted by Gasteiger charge is -2.23. The SMILES string of the molecule is O=C1CNC(C(=O)NCCc2ccccn2)CN1. The smallest absolute Gasteiger partial charge is 0.238 e.